The van der Waals surface area contributed by atoms with Crippen molar-refractivity contribution in [2.75, 3.05) is 10.0 Å². The van der Waals surface area contributed by atoms with Crippen molar-refractivity contribution in [2.24, 2.45) is 5.14 Å². The van der Waals surface area contributed by atoms with E-state index in [2.05, 4.69) is 10.0 Å². The molecule has 4 N–H and O–H groups in total. The molecule has 0 amide bonds. The molecule has 2 aromatic carbocycles. The van der Waals surface area contributed by atoms with E-state index < -0.39 is 43.3 Å². The first kappa shape index (κ1) is 23.2. The number of cyclic esters (lactones) is 2. The number of para-hydroxylation sites is 1. The van der Waals surface area contributed by atoms with Crippen LogP contribution in [0, 0.1) is 0 Å². The number of benzene rings is 2. The van der Waals surface area contributed by atoms with Crippen LogP contribution in [-0.2, 0) is 39.1 Å². The number of anilines is 2. The maximum absolute atomic E-state index is 12.9. The number of carbonyl (C=O) groups excluding carboxylic acids is 2. The molecule has 0 saturated carbocycles. The highest BCUT2D eigenvalue weighted by Gasteiger charge is 2.39. The summed E-state index contributed by atoms with van der Waals surface area (Å²) < 4.78 is 60.7. The Hall–Kier alpha value is -3.42. The van der Waals surface area contributed by atoms with Gasteiger partial charge in [-0.25, -0.2) is 31.6 Å². The minimum atomic E-state index is -4.15. The highest BCUT2D eigenvalue weighted by atomic mass is 32.2. The van der Waals surface area contributed by atoms with Gasteiger partial charge < -0.3 is 14.8 Å². The number of ether oxygens (including phenoxy) is 2. The minimum absolute atomic E-state index is 0.0547. The van der Waals surface area contributed by atoms with Crippen LogP contribution in [0.25, 0.3) is 0 Å². The normalized spacial score (nSPS) is 16.0. The van der Waals surface area contributed by atoms with Crippen LogP contribution in [0.2, 0.25) is 0 Å². The van der Waals surface area contributed by atoms with E-state index in [1.54, 1.807) is 6.07 Å². The molecule has 11 nitrogen and oxygen atoms in total. The third-order valence-electron chi connectivity index (χ3n) is 4.10. The zero-order valence-electron chi connectivity index (χ0n) is 16.9. The van der Waals surface area contributed by atoms with E-state index in [9.17, 15) is 26.4 Å². The number of hydrogen-bond donors (Lipinski definition) is 3. The van der Waals surface area contributed by atoms with Crippen LogP contribution in [-0.4, -0.2) is 34.6 Å². The lowest BCUT2D eigenvalue weighted by atomic mass is 10.2. The molecule has 170 valence electrons. The third-order valence-corrected chi connectivity index (χ3v) is 6.47. The van der Waals surface area contributed by atoms with Crippen LogP contribution in [0.1, 0.15) is 13.8 Å². The smallest absolute Gasteiger partial charge is 0.350 e. The zero-order valence-corrected chi connectivity index (χ0v) is 18.5. The van der Waals surface area contributed by atoms with Gasteiger partial charge in [0.2, 0.25) is 10.0 Å². The summed E-state index contributed by atoms with van der Waals surface area (Å²) in [6.45, 7) is 2.80. The van der Waals surface area contributed by atoms with E-state index in [-0.39, 0.29) is 21.2 Å². The van der Waals surface area contributed by atoms with Gasteiger partial charge in [-0.2, -0.15) is 0 Å². The van der Waals surface area contributed by atoms with Gasteiger partial charge in [0.05, 0.1) is 10.6 Å². The van der Waals surface area contributed by atoms with E-state index in [0.29, 0.717) is 0 Å². The van der Waals surface area contributed by atoms with Gasteiger partial charge in [-0.3, -0.25) is 4.72 Å². The first-order valence-corrected chi connectivity index (χ1v) is 12.0. The van der Waals surface area contributed by atoms with Gasteiger partial charge in [-0.15, -0.1) is 0 Å². The molecule has 0 atom stereocenters. The average Bonchev–Trinajstić information content (AvgIpc) is 2.66. The van der Waals surface area contributed by atoms with Crippen LogP contribution in [0.15, 0.2) is 70.1 Å². The topological polar surface area (TPSA) is 171 Å². The molecule has 1 fully saturated rings. The second-order valence-corrected chi connectivity index (χ2v) is 10.3. The standard InChI is InChI=1S/C19H19N3O8S2/c1-19(2)29-17(23)14(18(24)30-19)11-21-15-5-3-4-6-16(15)32(27,28)22-12-7-9-13(10-8-12)31(20,25)26/h3-11,21-22H,1-2H3,(H2,20,25,26). The van der Waals surface area contributed by atoms with Crippen LogP contribution < -0.4 is 15.2 Å². The third kappa shape index (κ3) is 5.25. The van der Waals surface area contributed by atoms with Gasteiger partial charge in [0.15, 0.2) is 5.57 Å². The van der Waals surface area contributed by atoms with E-state index >= 15 is 0 Å². The molecule has 13 heteroatoms. The first-order chi connectivity index (χ1) is 14.8. The monoisotopic (exact) mass is 481 g/mol. The summed E-state index contributed by atoms with van der Waals surface area (Å²) >= 11 is 0. The quantitative estimate of drug-likeness (QED) is 0.312. The van der Waals surface area contributed by atoms with Gasteiger partial charge in [0.25, 0.3) is 15.8 Å². The Kier molecular flexibility index (Phi) is 6.00. The zero-order chi connectivity index (χ0) is 23.7. The highest BCUT2D eigenvalue weighted by Crippen LogP contribution is 2.26. The predicted octanol–water partition coefficient (Wildman–Crippen LogP) is 1.27. The number of rotatable bonds is 6. The molecular weight excluding hydrogens is 462 g/mol. The van der Waals surface area contributed by atoms with Crippen LogP contribution in [0.4, 0.5) is 11.4 Å². The second-order valence-electron chi connectivity index (χ2n) is 7.05. The van der Waals surface area contributed by atoms with E-state index in [1.165, 1.54) is 44.2 Å². The van der Waals surface area contributed by atoms with Gasteiger partial charge in [0.1, 0.15) is 4.90 Å². The maximum Gasteiger partial charge on any atom is 0.350 e. The van der Waals surface area contributed by atoms with Gasteiger partial charge in [-0.1, -0.05) is 12.1 Å². The minimum Gasteiger partial charge on any atom is -0.419 e. The second kappa shape index (κ2) is 8.26. The Morgan fingerprint density at radius 1 is 0.906 bits per heavy atom. The Balaban J connectivity index is 1.86. The molecule has 0 unspecified atom stereocenters. The number of primary sulfonamides is 1. The number of carbonyl (C=O) groups is 2. The number of sulfonamides is 2. The number of nitrogens with one attached hydrogen (secondary N) is 2. The Bertz CT molecular complexity index is 1290. The summed E-state index contributed by atoms with van der Waals surface area (Å²) in [4.78, 5) is 23.7. The molecule has 3 rings (SSSR count). The van der Waals surface area contributed by atoms with Gasteiger partial charge in [0, 0.05) is 25.7 Å². The van der Waals surface area contributed by atoms with E-state index in [0.717, 1.165) is 18.3 Å². The molecule has 1 aliphatic heterocycles. The fourth-order valence-corrected chi connectivity index (χ4v) is 4.42. The van der Waals surface area contributed by atoms with Crippen LogP contribution in [0.5, 0.6) is 0 Å². The molecule has 2 aromatic rings. The van der Waals surface area contributed by atoms with Crippen molar-refractivity contribution in [3.8, 4) is 0 Å². The molecule has 0 bridgehead atoms. The lowest BCUT2D eigenvalue weighted by Crippen LogP contribution is -2.42. The number of esters is 2. The first-order valence-electron chi connectivity index (χ1n) is 8.97. The number of nitrogens with two attached hydrogens (primary N) is 1. The van der Waals surface area contributed by atoms with Crippen molar-refractivity contribution in [3.05, 3.63) is 60.3 Å². The van der Waals surface area contributed by atoms with Crippen molar-refractivity contribution < 1.29 is 35.9 Å². The molecule has 32 heavy (non-hydrogen) atoms. The molecule has 1 heterocycles. The molecular formula is C19H19N3O8S2. The van der Waals surface area contributed by atoms with Crippen molar-refractivity contribution in [1.29, 1.82) is 0 Å². The molecule has 0 aliphatic carbocycles. The maximum atomic E-state index is 12.9. The molecule has 1 saturated heterocycles. The summed E-state index contributed by atoms with van der Waals surface area (Å²) in [6.07, 6.45) is 0.995. The van der Waals surface area contributed by atoms with Crippen LogP contribution in [0.3, 0.4) is 0 Å². The lowest BCUT2D eigenvalue weighted by molar-refractivity contribution is -0.222. The van der Waals surface area contributed by atoms with E-state index in [4.69, 9.17) is 14.6 Å². The molecule has 0 spiro atoms. The van der Waals surface area contributed by atoms with Crippen molar-refractivity contribution in [2.45, 2.75) is 29.4 Å². The van der Waals surface area contributed by atoms with Crippen molar-refractivity contribution >= 4 is 43.4 Å². The van der Waals surface area contributed by atoms with E-state index in [1.807, 2.05) is 0 Å². The largest absolute Gasteiger partial charge is 0.419 e. The summed E-state index contributed by atoms with van der Waals surface area (Å²) in [5, 5.41) is 7.64. The summed E-state index contributed by atoms with van der Waals surface area (Å²) in [6, 6.07) is 10.5. The average molecular weight is 482 g/mol. The summed E-state index contributed by atoms with van der Waals surface area (Å²) in [7, 11) is -8.07. The summed E-state index contributed by atoms with van der Waals surface area (Å²) in [5.41, 5.74) is -0.297. The fourth-order valence-electron chi connectivity index (χ4n) is 2.67. The highest BCUT2D eigenvalue weighted by molar-refractivity contribution is 7.93. The Morgan fingerprint density at radius 2 is 1.47 bits per heavy atom. The Morgan fingerprint density at radius 3 is 2.03 bits per heavy atom. The molecule has 0 aromatic heterocycles. The van der Waals surface area contributed by atoms with Gasteiger partial charge >= 0.3 is 11.9 Å². The predicted molar refractivity (Wildman–Crippen MR) is 113 cm³/mol. The Labute approximate surface area is 184 Å². The molecule has 0 radical (unpaired) electrons. The van der Waals surface area contributed by atoms with Crippen molar-refractivity contribution in [1.82, 2.24) is 0 Å². The SMILES string of the molecule is CC1(C)OC(=O)C(=CNc2ccccc2S(=O)(=O)Nc2ccc(S(N)(=O)=O)cc2)C(=O)O1. The van der Waals surface area contributed by atoms with Crippen LogP contribution >= 0.6 is 0 Å². The summed E-state index contributed by atoms with van der Waals surface area (Å²) in [5.74, 6) is -3.26. The number of hydrogen-bond acceptors (Lipinski definition) is 9. The van der Waals surface area contributed by atoms with Gasteiger partial charge in [-0.05, 0) is 36.4 Å². The molecule has 1 aliphatic rings. The fraction of sp³-hybridized carbons (Fsp3) is 0.158. The lowest BCUT2D eigenvalue weighted by Gasteiger charge is -2.29. The van der Waals surface area contributed by atoms with Crippen molar-refractivity contribution in [3.63, 3.8) is 0 Å².